The molecule has 0 aliphatic heterocycles. The molecule has 1 aliphatic rings. The van der Waals surface area contributed by atoms with Gasteiger partial charge in [-0.3, -0.25) is 0 Å². The van der Waals surface area contributed by atoms with Crippen LogP contribution in [0.3, 0.4) is 0 Å². The topological polar surface area (TPSA) is 62.4 Å². The fraction of sp³-hybridized carbons (Fsp3) is 0.0159. The third-order valence-corrected chi connectivity index (χ3v) is 28.3. The maximum absolute atomic E-state index is 6.65. The molecule has 0 fully saturated rings. The molecule has 0 radical (unpaired) electrons. The van der Waals surface area contributed by atoms with Gasteiger partial charge in [0.25, 0.3) is 0 Å². The highest BCUT2D eigenvalue weighted by Crippen LogP contribution is 2.51. The van der Waals surface area contributed by atoms with Crippen molar-refractivity contribution in [3.8, 4) is 33.4 Å². The van der Waals surface area contributed by atoms with Crippen LogP contribution >= 0.6 is 0 Å². The molecular formula is C126H80N6O3. The van der Waals surface area contributed by atoms with E-state index >= 15 is 0 Å². The van der Waals surface area contributed by atoms with Gasteiger partial charge in [-0.1, -0.05) is 303 Å². The highest BCUT2D eigenvalue weighted by Gasteiger charge is 2.33. The average Bonchev–Trinajstić information content (AvgIpc) is 1.55. The summed E-state index contributed by atoms with van der Waals surface area (Å²) < 4.78 is 26.5. The first-order valence-corrected chi connectivity index (χ1v) is 46.3. The molecule has 20 aromatic carbocycles. The molecule has 29 aromatic rings. The molecule has 0 spiro atoms. The number of anilines is 8. The maximum atomic E-state index is 6.65. The first kappa shape index (κ1) is 76.0. The Kier molecular flexibility index (Phi) is 17.1. The summed E-state index contributed by atoms with van der Waals surface area (Å²) in [5.41, 5.74) is 33.1. The molecule has 1 unspecified atom stereocenters. The summed E-state index contributed by atoms with van der Waals surface area (Å²) >= 11 is 0. The van der Waals surface area contributed by atoms with Gasteiger partial charge < -0.3 is 41.2 Å². The zero-order valence-electron chi connectivity index (χ0n) is 73.1. The predicted octanol–water partition coefficient (Wildman–Crippen LogP) is 35.3. The van der Waals surface area contributed by atoms with Gasteiger partial charge in [-0.25, -0.2) is 0 Å². The molecule has 0 bridgehead atoms. The summed E-state index contributed by atoms with van der Waals surface area (Å²) in [6, 6.07) is 163. The number of hydrogen-bond donors (Lipinski definition) is 0. The van der Waals surface area contributed by atoms with Crippen molar-refractivity contribution >= 4 is 221 Å². The van der Waals surface area contributed by atoms with E-state index in [0.29, 0.717) is 0 Å². The van der Waals surface area contributed by atoms with E-state index in [9.17, 15) is 0 Å². The Bertz CT molecular complexity index is 9740. The Labute approximate surface area is 774 Å². The summed E-state index contributed by atoms with van der Waals surface area (Å²) in [6.07, 6.45) is 5.38. The Morgan fingerprint density at radius 2 is 0.489 bits per heavy atom. The third-order valence-electron chi connectivity index (χ3n) is 28.3. The summed E-state index contributed by atoms with van der Waals surface area (Å²) in [4.78, 5) is 7.18. The normalized spacial score (nSPS) is 12.9. The highest BCUT2D eigenvalue weighted by molar-refractivity contribution is 6.27. The van der Waals surface area contributed by atoms with E-state index in [4.69, 9.17) is 13.3 Å². The van der Waals surface area contributed by atoms with Gasteiger partial charge in [-0.15, -0.1) is 0 Å². The molecule has 0 N–H and O–H groups in total. The molecule has 9 aromatic heterocycles. The number of nitrogens with zero attached hydrogens (tertiary/aromatic N) is 6. The van der Waals surface area contributed by atoms with Gasteiger partial charge in [0.15, 0.2) is 0 Å². The lowest BCUT2D eigenvalue weighted by molar-refractivity contribution is 0.488. The number of aromatic nitrogens is 3. The van der Waals surface area contributed by atoms with Crippen molar-refractivity contribution in [2.24, 2.45) is 0 Å². The molecule has 9 heteroatoms. The van der Waals surface area contributed by atoms with Crippen LogP contribution in [0.15, 0.2) is 474 Å². The van der Waals surface area contributed by atoms with Gasteiger partial charge in [0.05, 0.1) is 55.7 Å². The number of rotatable bonds is 12. The van der Waals surface area contributed by atoms with Gasteiger partial charge in [0, 0.05) is 149 Å². The van der Waals surface area contributed by atoms with E-state index in [-0.39, 0.29) is 6.04 Å². The molecular weight excluding hydrogens is 1650 g/mol. The Hall–Kier alpha value is -17.9. The SMILES string of the molecule is C1=Cc2c(oc3ccccc23)C(N(c2ccc(-c3ccccc3)cc2)c2ccc3c(c2)c2cccc4c5ccccc5n3c42)C1.c1ccc(-c2ccc(N(c3ccc4c(c3)oc3ccccc34)c3ccc4c(c3)c3cccc5c6ccccc6n4c53)cc2)cc1.c1ccc(-c2ccc(N(c3ccc4oc5ccccc5c4c3)c3ccc4c(c3)c3cccc5c6ccccc6n4c53)cc2)cc1. The summed E-state index contributed by atoms with van der Waals surface area (Å²) in [7, 11) is 0. The fourth-order valence-corrected chi connectivity index (χ4v) is 22.3. The van der Waals surface area contributed by atoms with Crippen molar-refractivity contribution in [1.82, 2.24) is 13.2 Å². The zero-order chi connectivity index (χ0) is 88.5. The van der Waals surface area contributed by atoms with Gasteiger partial charge in [-0.2, -0.15) is 0 Å². The Balaban J connectivity index is 0.000000101. The Morgan fingerprint density at radius 3 is 0.948 bits per heavy atom. The minimum atomic E-state index is 0.00923. The maximum Gasteiger partial charge on any atom is 0.137 e. The van der Waals surface area contributed by atoms with E-state index in [1.54, 1.807) is 0 Å². The second kappa shape index (κ2) is 30.3. The molecule has 9 nitrogen and oxygen atoms in total. The number of benzene rings is 20. The zero-order valence-corrected chi connectivity index (χ0v) is 73.1. The average molecular weight is 1730 g/mol. The molecule has 30 rings (SSSR count). The smallest absolute Gasteiger partial charge is 0.137 e. The monoisotopic (exact) mass is 1720 g/mol. The first-order valence-electron chi connectivity index (χ1n) is 46.3. The second-order valence-corrected chi connectivity index (χ2v) is 35.6. The number of fused-ring (bicyclic) bond motifs is 27. The Morgan fingerprint density at radius 1 is 0.193 bits per heavy atom. The van der Waals surface area contributed by atoms with E-state index in [1.165, 1.54) is 159 Å². The summed E-state index contributed by atoms with van der Waals surface area (Å²) in [5.74, 6) is 1.02. The van der Waals surface area contributed by atoms with Crippen molar-refractivity contribution in [3.05, 3.63) is 472 Å². The first-order chi connectivity index (χ1) is 67.0. The molecule has 9 heterocycles. The molecule has 0 saturated heterocycles. The molecule has 135 heavy (non-hydrogen) atoms. The van der Waals surface area contributed by atoms with E-state index < -0.39 is 0 Å². The largest absolute Gasteiger partial charge is 0.458 e. The van der Waals surface area contributed by atoms with Crippen LogP contribution in [-0.2, 0) is 0 Å². The van der Waals surface area contributed by atoms with Crippen LogP contribution in [0.1, 0.15) is 23.8 Å². The molecule has 0 saturated carbocycles. The standard InChI is InChI=1S/C42H28N2O.2C42H26N2O/c1-2-10-27(11-3-1)28-20-22-29(23-21-28)43(39-18-9-16-35-32-13-5-7-19-40(32)45-42(35)39)30-24-25-38-36(26-30)34-15-8-14-33-31-12-4-6-17-37(31)44(38)41(33)34;1-2-9-27(10-3-1)28-17-19-29(20-18-28)43(31-21-23-34-33-12-5-7-16-40(33)45-41(34)26-31)30-22-24-39-37(25-30)36-14-8-13-35-32-11-4-6-15-38(32)44(39)42(35)36;1-2-9-27(10-3-1)28-17-19-29(20-18-28)43(31-22-24-41-37(26-31)33-12-5-7-16-40(33)45-41)30-21-23-39-36(25-30)35-14-8-13-34-32-11-4-6-15-38(32)44(39)42(34)35/h1-17,19-26,39H,18H2;2*1-26H. The number of para-hydroxylation sites is 9. The van der Waals surface area contributed by atoms with Crippen LogP contribution in [0.25, 0.3) is 209 Å². The minimum Gasteiger partial charge on any atom is -0.458 e. The fourth-order valence-electron chi connectivity index (χ4n) is 22.3. The second-order valence-electron chi connectivity index (χ2n) is 35.6. The predicted molar refractivity (Wildman–Crippen MR) is 565 cm³/mol. The van der Waals surface area contributed by atoms with Gasteiger partial charge in [-0.05, 0) is 198 Å². The van der Waals surface area contributed by atoms with Gasteiger partial charge in [0.1, 0.15) is 33.7 Å². The third kappa shape index (κ3) is 12.0. The van der Waals surface area contributed by atoms with Crippen molar-refractivity contribution in [3.63, 3.8) is 0 Å². The lowest BCUT2D eigenvalue weighted by Crippen LogP contribution is -2.24. The molecule has 1 atom stereocenters. The molecule has 632 valence electrons. The van der Waals surface area contributed by atoms with Crippen molar-refractivity contribution in [2.45, 2.75) is 12.5 Å². The van der Waals surface area contributed by atoms with Gasteiger partial charge >= 0.3 is 0 Å². The van der Waals surface area contributed by atoms with Crippen LogP contribution in [0, 0.1) is 0 Å². The summed E-state index contributed by atoms with van der Waals surface area (Å²) in [6.45, 7) is 0. The summed E-state index contributed by atoms with van der Waals surface area (Å²) in [5, 5.41) is 21.0. The van der Waals surface area contributed by atoms with Crippen LogP contribution in [0.5, 0.6) is 0 Å². The van der Waals surface area contributed by atoms with Crippen LogP contribution in [0.4, 0.5) is 45.5 Å². The minimum absolute atomic E-state index is 0.00923. The van der Waals surface area contributed by atoms with E-state index in [0.717, 1.165) is 107 Å². The molecule has 0 amide bonds. The molecule has 1 aliphatic carbocycles. The lowest BCUT2D eigenvalue weighted by Gasteiger charge is -2.34. The highest BCUT2D eigenvalue weighted by atomic mass is 16.3. The number of hydrogen-bond acceptors (Lipinski definition) is 6. The van der Waals surface area contributed by atoms with Crippen LogP contribution < -0.4 is 14.7 Å². The van der Waals surface area contributed by atoms with E-state index in [1.807, 2.05) is 24.3 Å². The number of furan rings is 3. The lowest BCUT2D eigenvalue weighted by atomic mass is 9.95. The van der Waals surface area contributed by atoms with E-state index in [2.05, 4.69) is 471 Å². The van der Waals surface area contributed by atoms with Crippen molar-refractivity contribution in [2.75, 3.05) is 14.7 Å². The van der Waals surface area contributed by atoms with Crippen LogP contribution in [0.2, 0.25) is 0 Å². The van der Waals surface area contributed by atoms with Crippen LogP contribution in [-0.4, -0.2) is 13.2 Å². The van der Waals surface area contributed by atoms with Gasteiger partial charge in [0.2, 0.25) is 0 Å². The van der Waals surface area contributed by atoms with Crippen molar-refractivity contribution in [1.29, 1.82) is 0 Å². The van der Waals surface area contributed by atoms with Crippen molar-refractivity contribution < 1.29 is 13.3 Å². The quantitative estimate of drug-likeness (QED) is 0.121.